The Bertz CT molecular complexity index is 1090. The number of benzene rings is 2. The molecule has 1 heterocycles. The third-order valence-electron chi connectivity index (χ3n) is 4.24. The SMILES string of the molecule is CCOC(=O)c1cnc2c(C(F)(F)F)cccc2c1Nc1cccc(C(C)=O)c1. The van der Waals surface area contributed by atoms with Crippen LogP contribution in [0.15, 0.2) is 48.7 Å². The maximum absolute atomic E-state index is 13.4. The largest absolute Gasteiger partial charge is 0.462 e. The molecule has 150 valence electrons. The number of carbonyl (C=O) groups excluding carboxylic acids is 2. The van der Waals surface area contributed by atoms with Gasteiger partial charge in [0.2, 0.25) is 0 Å². The number of Topliss-reactive ketones (excluding diaryl/α,β-unsaturated/α-hetero) is 1. The van der Waals surface area contributed by atoms with E-state index >= 15 is 0 Å². The predicted molar refractivity (Wildman–Crippen MR) is 102 cm³/mol. The highest BCUT2D eigenvalue weighted by atomic mass is 19.4. The molecule has 0 unspecified atom stereocenters. The Labute approximate surface area is 164 Å². The van der Waals surface area contributed by atoms with Crippen molar-refractivity contribution in [3.63, 3.8) is 0 Å². The number of ether oxygens (including phenoxy) is 1. The fraction of sp³-hybridized carbons (Fsp3) is 0.190. The lowest BCUT2D eigenvalue weighted by Gasteiger charge is -2.17. The summed E-state index contributed by atoms with van der Waals surface area (Å²) in [5, 5.41) is 3.08. The van der Waals surface area contributed by atoms with Crippen LogP contribution in [0.2, 0.25) is 0 Å². The number of rotatable bonds is 5. The van der Waals surface area contributed by atoms with Gasteiger partial charge in [-0.15, -0.1) is 0 Å². The second-order valence-electron chi connectivity index (χ2n) is 6.23. The van der Waals surface area contributed by atoms with Crippen LogP contribution < -0.4 is 5.32 Å². The monoisotopic (exact) mass is 402 g/mol. The summed E-state index contributed by atoms with van der Waals surface area (Å²) in [5.41, 5.74) is -0.230. The molecule has 29 heavy (non-hydrogen) atoms. The van der Waals surface area contributed by atoms with Crippen molar-refractivity contribution in [2.45, 2.75) is 20.0 Å². The lowest BCUT2D eigenvalue weighted by Crippen LogP contribution is -2.11. The minimum absolute atomic E-state index is 0.00750. The molecule has 0 amide bonds. The van der Waals surface area contributed by atoms with Gasteiger partial charge in [0.15, 0.2) is 5.78 Å². The molecule has 0 saturated heterocycles. The minimum Gasteiger partial charge on any atom is -0.462 e. The van der Waals surface area contributed by atoms with Crippen LogP contribution in [0.5, 0.6) is 0 Å². The fourth-order valence-electron chi connectivity index (χ4n) is 2.91. The van der Waals surface area contributed by atoms with Gasteiger partial charge in [-0.2, -0.15) is 13.2 Å². The summed E-state index contributed by atoms with van der Waals surface area (Å²) < 4.78 is 45.2. The van der Waals surface area contributed by atoms with Gasteiger partial charge >= 0.3 is 12.1 Å². The molecule has 3 rings (SSSR count). The Kier molecular flexibility index (Phi) is 5.54. The van der Waals surface area contributed by atoms with Crippen molar-refractivity contribution in [3.05, 3.63) is 65.4 Å². The number of carbonyl (C=O) groups is 2. The molecule has 0 bridgehead atoms. The smallest absolute Gasteiger partial charge is 0.418 e. The van der Waals surface area contributed by atoms with Gasteiger partial charge in [-0.1, -0.05) is 24.3 Å². The molecule has 0 aliphatic carbocycles. The number of anilines is 2. The van der Waals surface area contributed by atoms with Gasteiger partial charge in [-0.05, 0) is 32.0 Å². The Morgan fingerprint density at radius 2 is 1.86 bits per heavy atom. The summed E-state index contributed by atoms with van der Waals surface area (Å²) in [5.74, 6) is -0.886. The summed E-state index contributed by atoms with van der Waals surface area (Å²) in [7, 11) is 0. The number of para-hydroxylation sites is 1. The zero-order valence-electron chi connectivity index (χ0n) is 15.6. The Hall–Kier alpha value is -3.42. The average molecular weight is 402 g/mol. The molecule has 0 spiro atoms. The third-order valence-corrected chi connectivity index (χ3v) is 4.24. The molecule has 0 atom stereocenters. The van der Waals surface area contributed by atoms with E-state index < -0.39 is 17.7 Å². The van der Waals surface area contributed by atoms with Gasteiger partial charge in [0.05, 0.1) is 23.4 Å². The molecule has 1 N–H and O–H groups in total. The third kappa shape index (κ3) is 4.21. The van der Waals surface area contributed by atoms with E-state index in [1.165, 1.54) is 19.1 Å². The van der Waals surface area contributed by atoms with Gasteiger partial charge in [0.25, 0.3) is 0 Å². The Morgan fingerprint density at radius 3 is 2.52 bits per heavy atom. The van der Waals surface area contributed by atoms with Crippen LogP contribution in [-0.4, -0.2) is 23.3 Å². The first-order valence-electron chi connectivity index (χ1n) is 8.76. The van der Waals surface area contributed by atoms with E-state index in [4.69, 9.17) is 4.74 Å². The predicted octanol–water partition coefficient (Wildman–Crippen LogP) is 5.38. The first-order valence-corrected chi connectivity index (χ1v) is 8.76. The number of pyridine rings is 1. The zero-order chi connectivity index (χ0) is 21.2. The number of nitrogens with zero attached hydrogens (tertiary/aromatic N) is 1. The molecule has 5 nitrogen and oxygen atoms in total. The number of esters is 1. The normalized spacial score (nSPS) is 11.3. The highest BCUT2D eigenvalue weighted by Gasteiger charge is 2.34. The molecule has 2 aromatic carbocycles. The van der Waals surface area contributed by atoms with Crippen molar-refractivity contribution in [1.82, 2.24) is 4.98 Å². The molecule has 8 heteroatoms. The van der Waals surface area contributed by atoms with Crippen LogP contribution >= 0.6 is 0 Å². The van der Waals surface area contributed by atoms with Gasteiger partial charge in [-0.3, -0.25) is 9.78 Å². The van der Waals surface area contributed by atoms with Crippen LogP contribution in [0.4, 0.5) is 24.5 Å². The van der Waals surface area contributed by atoms with Crippen molar-refractivity contribution in [1.29, 1.82) is 0 Å². The molecule has 0 aliphatic rings. The number of alkyl halides is 3. The van der Waals surface area contributed by atoms with E-state index in [2.05, 4.69) is 10.3 Å². The highest BCUT2D eigenvalue weighted by molar-refractivity contribution is 6.07. The molecule has 0 aliphatic heterocycles. The summed E-state index contributed by atoms with van der Waals surface area (Å²) in [6.45, 7) is 3.12. The van der Waals surface area contributed by atoms with Crippen LogP contribution in [0.3, 0.4) is 0 Å². The summed E-state index contributed by atoms with van der Waals surface area (Å²) in [6, 6.07) is 10.1. The standard InChI is InChI=1S/C21H17F3N2O3/c1-3-29-20(28)16-11-25-19-15(8-5-9-17(19)21(22,23)24)18(16)26-14-7-4-6-13(10-14)12(2)27/h4-11H,3H2,1-2H3,(H,25,26). The van der Waals surface area contributed by atoms with Crippen molar-refractivity contribution < 1.29 is 27.5 Å². The highest BCUT2D eigenvalue weighted by Crippen LogP contribution is 2.38. The molecule has 0 radical (unpaired) electrons. The van der Waals surface area contributed by atoms with Crippen LogP contribution in [0.1, 0.15) is 40.1 Å². The fourth-order valence-corrected chi connectivity index (χ4v) is 2.91. The van der Waals surface area contributed by atoms with Gasteiger partial charge in [0, 0.05) is 22.8 Å². The van der Waals surface area contributed by atoms with Gasteiger partial charge in [-0.25, -0.2) is 4.79 Å². The summed E-state index contributed by atoms with van der Waals surface area (Å²) in [4.78, 5) is 27.9. The molecular formula is C21H17F3N2O3. The van der Waals surface area contributed by atoms with E-state index in [0.29, 0.717) is 11.3 Å². The molecule has 1 aromatic heterocycles. The van der Waals surface area contributed by atoms with E-state index in [0.717, 1.165) is 12.3 Å². The molecule has 0 fully saturated rings. The number of nitrogens with one attached hydrogen (secondary N) is 1. The maximum Gasteiger partial charge on any atom is 0.418 e. The lowest BCUT2D eigenvalue weighted by atomic mass is 10.0. The Morgan fingerprint density at radius 1 is 1.14 bits per heavy atom. The molecular weight excluding hydrogens is 385 g/mol. The maximum atomic E-state index is 13.4. The first kappa shape index (κ1) is 20.3. The second kappa shape index (κ2) is 7.90. The second-order valence-corrected chi connectivity index (χ2v) is 6.23. The number of aromatic nitrogens is 1. The van der Waals surface area contributed by atoms with E-state index in [-0.39, 0.29) is 34.5 Å². The van der Waals surface area contributed by atoms with Crippen molar-refractivity contribution >= 4 is 34.0 Å². The first-order chi connectivity index (χ1) is 13.7. The average Bonchev–Trinajstić information content (AvgIpc) is 2.67. The van der Waals surface area contributed by atoms with Crippen molar-refractivity contribution in [2.24, 2.45) is 0 Å². The number of ketones is 1. The van der Waals surface area contributed by atoms with Crippen molar-refractivity contribution in [3.8, 4) is 0 Å². The number of hydrogen-bond acceptors (Lipinski definition) is 5. The van der Waals surface area contributed by atoms with E-state index in [1.807, 2.05) is 0 Å². The zero-order valence-corrected chi connectivity index (χ0v) is 15.6. The lowest BCUT2D eigenvalue weighted by molar-refractivity contribution is -0.136. The topological polar surface area (TPSA) is 68.3 Å². The quantitative estimate of drug-likeness (QED) is 0.459. The molecule has 3 aromatic rings. The number of fused-ring (bicyclic) bond motifs is 1. The van der Waals surface area contributed by atoms with Gasteiger partial charge < -0.3 is 10.1 Å². The summed E-state index contributed by atoms with van der Waals surface area (Å²) in [6.07, 6.45) is -3.55. The Balaban J connectivity index is 2.23. The van der Waals surface area contributed by atoms with Crippen LogP contribution in [0.25, 0.3) is 10.9 Å². The number of halogens is 3. The van der Waals surface area contributed by atoms with Crippen LogP contribution in [0, 0.1) is 0 Å². The summed E-state index contributed by atoms with van der Waals surface area (Å²) >= 11 is 0. The molecule has 0 saturated carbocycles. The van der Waals surface area contributed by atoms with Crippen LogP contribution in [-0.2, 0) is 10.9 Å². The van der Waals surface area contributed by atoms with E-state index in [1.54, 1.807) is 31.2 Å². The number of hydrogen-bond donors (Lipinski definition) is 1. The minimum atomic E-state index is -4.61. The van der Waals surface area contributed by atoms with Crippen molar-refractivity contribution in [2.75, 3.05) is 11.9 Å². The van der Waals surface area contributed by atoms with E-state index in [9.17, 15) is 22.8 Å². The van der Waals surface area contributed by atoms with Gasteiger partial charge in [0.1, 0.15) is 5.56 Å².